The second-order valence-corrected chi connectivity index (χ2v) is 5.00. The summed E-state index contributed by atoms with van der Waals surface area (Å²) in [5.41, 5.74) is 1.39. The number of oxazole rings is 1. The Balaban J connectivity index is 2.02. The van der Waals surface area contributed by atoms with Crippen molar-refractivity contribution in [1.29, 1.82) is 0 Å². The van der Waals surface area contributed by atoms with E-state index in [1.54, 1.807) is 7.11 Å². The molecule has 0 unspecified atom stereocenters. The maximum absolute atomic E-state index is 12.3. The quantitative estimate of drug-likeness (QED) is 0.542. The van der Waals surface area contributed by atoms with Gasteiger partial charge in [0.25, 0.3) is 0 Å². The Morgan fingerprint density at radius 2 is 2.04 bits per heavy atom. The fraction of sp³-hybridized carbons (Fsp3) is 0.353. The molecule has 0 fully saturated rings. The Labute approximate surface area is 139 Å². The van der Waals surface area contributed by atoms with Gasteiger partial charge in [-0.05, 0) is 12.1 Å². The molecule has 0 aliphatic rings. The van der Waals surface area contributed by atoms with Crippen molar-refractivity contribution in [3.8, 4) is 0 Å². The average molecular weight is 332 g/mol. The molecule has 0 radical (unpaired) electrons. The van der Waals surface area contributed by atoms with Gasteiger partial charge in [-0.3, -0.25) is 9.59 Å². The van der Waals surface area contributed by atoms with Gasteiger partial charge in [0.2, 0.25) is 11.8 Å². The van der Waals surface area contributed by atoms with E-state index >= 15 is 0 Å². The van der Waals surface area contributed by atoms with Crippen molar-refractivity contribution in [3.63, 3.8) is 0 Å². The summed E-state index contributed by atoms with van der Waals surface area (Å²) in [7, 11) is 2.87. The zero-order valence-corrected chi connectivity index (χ0v) is 13.7. The Kier molecular flexibility index (Phi) is 6.51. The second-order valence-electron chi connectivity index (χ2n) is 5.00. The molecule has 7 nitrogen and oxygen atoms in total. The van der Waals surface area contributed by atoms with Crippen LogP contribution in [0.3, 0.4) is 0 Å². The highest BCUT2D eigenvalue weighted by Crippen LogP contribution is 2.15. The summed E-state index contributed by atoms with van der Waals surface area (Å²) in [5.74, 6) is -0.268. The summed E-state index contributed by atoms with van der Waals surface area (Å²) in [4.78, 5) is 29.3. The van der Waals surface area contributed by atoms with Crippen molar-refractivity contribution in [3.05, 3.63) is 36.2 Å². The molecule has 24 heavy (non-hydrogen) atoms. The van der Waals surface area contributed by atoms with Crippen LogP contribution < -0.4 is 0 Å². The van der Waals surface area contributed by atoms with E-state index in [9.17, 15) is 9.59 Å². The van der Waals surface area contributed by atoms with Crippen LogP contribution in [0.5, 0.6) is 0 Å². The number of rotatable bonds is 8. The lowest BCUT2D eigenvalue weighted by molar-refractivity contribution is -0.141. The summed E-state index contributed by atoms with van der Waals surface area (Å²) >= 11 is 0. The lowest BCUT2D eigenvalue weighted by Crippen LogP contribution is -2.34. The van der Waals surface area contributed by atoms with E-state index in [4.69, 9.17) is 9.15 Å². The van der Waals surface area contributed by atoms with Crippen LogP contribution in [0.1, 0.15) is 12.3 Å². The molecule has 2 rings (SSSR count). The third-order valence-electron chi connectivity index (χ3n) is 3.37. The number of fused-ring (bicyclic) bond motifs is 1. The molecule has 0 saturated carbocycles. The summed E-state index contributed by atoms with van der Waals surface area (Å²) in [5, 5.41) is 0. The largest absolute Gasteiger partial charge is 0.469 e. The van der Waals surface area contributed by atoms with Gasteiger partial charge in [-0.15, -0.1) is 0 Å². The second kappa shape index (κ2) is 8.83. The van der Waals surface area contributed by atoms with Crippen LogP contribution in [0, 0.1) is 0 Å². The van der Waals surface area contributed by atoms with E-state index in [2.05, 4.69) is 9.72 Å². The van der Waals surface area contributed by atoms with Gasteiger partial charge < -0.3 is 18.8 Å². The number of amides is 1. The minimum Gasteiger partial charge on any atom is -0.469 e. The first-order chi connectivity index (χ1) is 11.6. The fourth-order valence-corrected chi connectivity index (χ4v) is 2.07. The maximum Gasteiger partial charge on any atom is 0.307 e. The molecule has 0 N–H and O–H groups in total. The van der Waals surface area contributed by atoms with Crippen LogP contribution in [0.15, 0.2) is 34.8 Å². The van der Waals surface area contributed by atoms with Crippen LogP contribution in [-0.4, -0.2) is 55.7 Å². The van der Waals surface area contributed by atoms with Crippen LogP contribution in [0.25, 0.3) is 17.2 Å². The number of aromatic nitrogens is 1. The van der Waals surface area contributed by atoms with E-state index in [0.29, 0.717) is 24.6 Å². The van der Waals surface area contributed by atoms with Gasteiger partial charge in [-0.25, -0.2) is 4.98 Å². The predicted molar refractivity (Wildman–Crippen MR) is 88.1 cm³/mol. The molecule has 1 amide bonds. The van der Waals surface area contributed by atoms with Crippen molar-refractivity contribution in [2.24, 2.45) is 0 Å². The molecule has 1 aromatic heterocycles. The highest BCUT2D eigenvalue weighted by molar-refractivity contribution is 5.91. The smallest absolute Gasteiger partial charge is 0.307 e. The topological polar surface area (TPSA) is 81.9 Å². The minimum absolute atomic E-state index is 0.128. The number of para-hydroxylation sites is 2. The van der Waals surface area contributed by atoms with E-state index in [0.717, 1.165) is 5.52 Å². The number of carbonyl (C=O) groups excluding carboxylic acids is 2. The Hall–Kier alpha value is -2.67. The zero-order chi connectivity index (χ0) is 17.4. The summed E-state index contributed by atoms with van der Waals surface area (Å²) < 4.78 is 15.1. The first-order valence-electron chi connectivity index (χ1n) is 7.52. The summed E-state index contributed by atoms with van der Waals surface area (Å²) in [6.45, 7) is 1.01. The number of ether oxygens (including phenoxy) is 2. The number of hydrogen-bond acceptors (Lipinski definition) is 6. The van der Waals surface area contributed by atoms with Gasteiger partial charge in [0.15, 0.2) is 5.58 Å². The van der Waals surface area contributed by atoms with Gasteiger partial charge in [-0.1, -0.05) is 12.1 Å². The third-order valence-corrected chi connectivity index (χ3v) is 3.37. The number of nitrogens with zero attached hydrogens (tertiary/aromatic N) is 2. The normalized spacial score (nSPS) is 11.1. The van der Waals surface area contributed by atoms with Crippen molar-refractivity contribution in [2.45, 2.75) is 6.42 Å². The van der Waals surface area contributed by atoms with Crippen molar-refractivity contribution >= 4 is 29.1 Å². The first-order valence-corrected chi connectivity index (χ1v) is 7.52. The third kappa shape index (κ3) is 4.92. The van der Waals surface area contributed by atoms with Crippen molar-refractivity contribution < 1.29 is 23.5 Å². The number of hydrogen-bond donors (Lipinski definition) is 0. The van der Waals surface area contributed by atoms with Gasteiger partial charge in [0, 0.05) is 32.4 Å². The van der Waals surface area contributed by atoms with E-state index in [1.807, 2.05) is 24.3 Å². The molecule has 0 atom stereocenters. The van der Waals surface area contributed by atoms with E-state index in [1.165, 1.54) is 24.2 Å². The summed E-state index contributed by atoms with van der Waals surface area (Å²) in [6, 6.07) is 7.36. The number of methoxy groups -OCH3 is 2. The van der Waals surface area contributed by atoms with E-state index < -0.39 is 0 Å². The van der Waals surface area contributed by atoms with Crippen LogP contribution in [0.4, 0.5) is 0 Å². The van der Waals surface area contributed by atoms with Gasteiger partial charge in [0.05, 0.1) is 20.1 Å². The van der Waals surface area contributed by atoms with Crippen LogP contribution >= 0.6 is 0 Å². The van der Waals surface area contributed by atoms with Crippen LogP contribution in [-0.2, 0) is 19.1 Å². The molecule has 0 bridgehead atoms. The molecule has 1 aromatic carbocycles. The van der Waals surface area contributed by atoms with Gasteiger partial charge in [-0.2, -0.15) is 0 Å². The predicted octanol–water partition coefficient (Wildman–Crippen LogP) is 1.88. The molecule has 1 heterocycles. The Bertz CT molecular complexity index is 690. The SMILES string of the molecule is COCCN(CCC(=O)OC)C(=O)C=Cc1nc2ccccc2o1. The van der Waals surface area contributed by atoms with Gasteiger partial charge >= 0.3 is 5.97 Å². The highest BCUT2D eigenvalue weighted by Gasteiger charge is 2.13. The van der Waals surface area contributed by atoms with Gasteiger partial charge in [0.1, 0.15) is 5.52 Å². The number of benzene rings is 1. The van der Waals surface area contributed by atoms with Crippen molar-refractivity contribution in [2.75, 3.05) is 33.9 Å². The van der Waals surface area contributed by atoms with Crippen LogP contribution in [0.2, 0.25) is 0 Å². The molecular formula is C17H20N2O5. The summed E-state index contributed by atoms with van der Waals surface area (Å²) in [6.07, 6.45) is 3.01. The average Bonchev–Trinajstić information content (AvgIpc) is 3.02. The number of esters is 1. The highest BCUT2D eigenvalue weighted by atomic mass is 16.5. The molecular weight excluding hydrogens is 312 g/mol. The molecule has 0 aliphatic carbocycles. The molecule has 0 aliphatic heterocycles. The molecule has 7 heteroatoms. The lowest BCUT2D eigenvalue weighted by Gasteiger charge is -2.20. The molecule has 0 spiro atoms. The number of carbonyl (C=O) groups is 2. The zero-order valence-electron chi connectivity index (χ0n) is 13.7. The molecule has 128 valence electrons. The first kappa shape index (κ1) is 17.7. The monoisotopic (exact) mass is 332 g/mol. The fourth-order valence-electron chi connectivity index (χ4n) is 2.07. The maximum atomic E-state index is 12.3. The Morgan fingerprint density at radius 3 is 2.75 bits per heavy atom. The minimum atomic E-state index is -0.367. The molecule has 2 aromatic rings. The Morgan fingerprint density at radius 1 is 1.25 bits per heavy atom. The standard InChI is InChI=1S/C17H20N2O5/c1-22-12-11-19(10-9-17(21)23-2)16(20)8-7-15-18-13-5-3-4-6-14(13)24-15/h3-8H,9-12H2,1-2H3. The molecule has 0 saturated heterocycles. The lowest BCUT2D eigenvalue weighted by atomic mass is 10.3. The van der Waals surface area contributed by atoms with E-state index in [-0.39, 0.29) is 24.8 Å². The van der Waals surface area contributed by atoms with Crippen molar-refractivity contribution in [1.82, 2.24) is 9.88 Å².